The van der Waals surface area contributed by atoms with Gasteiger partial charge in [-0.15, -0.1) is 0 Å². The van der Waals surface area contributed by atoms with E-state index in [2.05, 4.69) is 5.16 Å². The van der Waals surface area contributed by atoms with E-state index in [1.165, 1.54) is 0 Å². The Balaban J connectivity index is 1.78. The van der Waals surface area contributed by atoms with Crippen molar-refractivity contribution in [1.82, 2.24) is 0 Å². The van der Waals surface area contributed by atoms with Crippen LogP contribution in [0.3, 0.4) is 0 Å². The van der Waals surface area contributed by atoms with Crippen molar-refractivity contribution >= 4 is 5.71 Å². The van der Waals surface area contributed by atoms with Gasteiger partial charge in [0, 0.05) is 12.0 Å². The Morgan fingerprint density at radius 3 is 2.74 bits per heavy atom. The number of fused-ring (bicyclic) bond motifs is 1. The lowest BCUT2D eigenvalue weighted by Gasteiger charge is -2.41. The zero-order valence-electron chi connectivity index (χ0n) is 10.7. The molecule has 1 N–H and O–H groups in total. The molecule has 2 heterocycles. The van der Waals surface area contributed by atoms with Crippen LogP contribution in [0.1, 0.15) is 25.2 Å². The molecule has 5 heteroatoms. The molecular formula is C14H17NO4. The zero-order chi connectivity index (χ0) is 13.2. The summed E-state index contributed by atoms with van der Waals surface area (Å²) in [5, 5.41) is 12.5. The number of oxime groups is 1. The van der Waals surface area contributed by atoms with Crippen LogP contribution in [0.2, 0.25) is 0 Å². The summed E-state index contributed by atoms with van der Waals surface area (Å²) in [4.78, 5) is 0. The number of ether oxygens (including phenoxy) is 3. The summed E-state index contributed by atoms with van der Waals surface area (Å²) in [6, 6.07) is 9.73. The summed E-state index contributed by atoms with van der Waals surface area (Å²) < 4.78 is 17.3. The van der Waals surface area contributed by atoms with Gasteiger partial charge in [-0.3, -0.25) is 0 Å². The second-order valence-electron chi connectivity index (χ2n) is 4.91. The molecule has 19 heavy (non-hydrogen) atoms. The number of hydrogen-bond donors (Lipinski definition) is 1. The number of rotatable bonds is 1. The van der Waals surface area contributed by atoms with Gasteiger partial charge in [-0.05, 0) is 6.92 Å². The first-order valence-electron chi connectivity index (χ1n) is 6.46. The van der Waals surface area contributed by atoms with Crippen molar-refractivity contribution < 1.29 is 19.4 Å². The van der Waals surface area contributed by atoms with Crippen LogP contribution < -0.4 is 0 Å². The third kappa shape index (κ3) is 2.49. The summed E-state index contributed by atoms with van der Waals surface area (Å²) >= 11 is 0. The van der Waals surface area contributed by atoms with E-state index in [4.69, 9.17) is 19.4 Å². The van der Waals surface area contributed by atoms with Crippen molar-refractivity contribution in [2.24, 2.45) is 5.16 Å². The molecule has 2 saturated heterocycles. The molecule has 0 aromatic heterocycles. The summed E-state index contributed by atoms with van der Waals surface area (Å²) in [5.41, 5.74) is 1.59. The van der Waals surface area contributed by atoms with Gasteiger partial charge in [-0.25, -0.2) is 0 Å². The van der Waals surface area contributed by atoms with Crippen LogP contribution in [0.15, 0.2) is 35.5 Å². The van der Waals surface area contributed by atoms with E-state index >= 15 is 0 Å². The second-order valence-corrected chi connectivity index (χ2v) is 4.91. The maximum Gasteiger partial charge on any atom is 0.184 e. The highest BCUT2D eigenvalue weighted by Crippen LogP contribution is 2.32. The lowest BCUT2D eigenvalue weighted by molar-refractivity contribution is -0.261. The zero-order valence-corrected chi connectivity index (χ0v) is 10.7. The van der Waals surface area contributed by atoms with E-state index in [0.29, 0.717) is 18.7 Å². The van der Waals surface area contributed by atoms with Crippen molar-refractivity contribution in [3.8, 4) is 0 Å². The van der Waals surface area contributed by atoms with Gasteiger partial charge in [-0.2, -0.15) is 0 Å². The fraction of sp³-hybridized carbons (Fsp3) is 0.500. The van der Waals surface area contributed by atoms with E-state index in [1.54, 1.807) is 0 Å². The number of nitrogens with zero attached hydrogens (tertiary/aromatic N) is 1. The average Bonchev–Trinajstić information content (AvgIpc) is 2.46. The fourth-order valence-electron chi connectivity index (χ4n) is 2.57. The molecule has 0 saturated carbocycles. The third-order valence-electron chi connectivity index (χ3n) is 3.45. The van der Waals surface area contributed by atoms with Crippen LogP contribution in [0, 0.1) is 0 Å². The molecule has 0 bridgehead atoms. The van der Waals surface area contributed by atoms with Crippen molar-refractivity contribution in [1.29, 1.82) is 0 Å². The third-order valence-corrected chi connectivity index (χ3v) is 3.45. The largest absolute Gasteiger partial charge is 0.411 e. The number of benzene rings is 1. The van der Waals surface area contributed by atoms with Gasteiger partial charge in [0.1, 0.15) is 12.2 Å². The average molecular weight is 263 g/mol. The highest BCUT2D eigenvalue weighted by Gasteiger charge is 2.41. The van der Waals surface area contributed by atoms with Gasteiger partial charge in [0.05, 0.1) is 18.4 Å². The van der Waals surface area contributed by atoms with Crippen LogP contribution in [0.5, 0.6) is 0 Å². The lowest BCUT2D eigenvalue weighted by atomic mass is 9.98. The minimum Gasteiger partial charge on any atom is -0.411 e. The molecule has 1 aromatic carbocycles. The first-order valence-corrected chi connectivity index (χ1v) is 6.46. The first kappa shape index (κ1) is 12.6. The molecule has 0 unspecified atom stereocenters. The van der Waals surface area contributed by atoms with Crippen molar-refractivity contribution in [3.63, 3.8) is 0 Å². The molecule has 2 fully saturated rings. The molecule has 0 amide bonds. The molecule has 0 radical (unpaired) electrons. The summed E-state index contributed by atoms with van der Waals surface area (Å²) in [6.07, 6.45) is -0.363. The molecule has 0 spiro atoms. The van der Waals surface area contributed by atoms with E-state index in [1.807, 2.05) is 37.3 Å². The Morgan fingerprint density at radius 2 is 2.00 bits per heavy atom. The van der Waals surface area contributed by atoms with Gasteiger partial charge >= 0.3 is 0 Å². The molecule has 3 rings (SSSR count). The molecule has 0 aliphatic carbocycles. The Morgan fingerprint density at radius 1 is 1.21 bits per heavy atom. The predicted octanol–water partition coefficient (Wildman–Crippen LogP) is 2.11. The molecule has 4 atom stereocenters. The normalized spacial score (nSPS) is 37.0. The highest BCUT2D eigenvalue weighted by atomic mass is 16.7. The quantitative estimate of drug-likeness (QED) is 0.622. The standard InChI is InChI=1S/C14H17NO4/c1-9-7-11(15-16)13-12(18-9)8-17-14(19-13)10-5-3-2-4-6-10/h2-6,9,12-14,16H,7-8H2,1H3/t9-,12-,13+,14+/m1/s1. The number of hydrogen-bond acceptors (Lipinski definition) is 5. The van der Waals surface area contributed by atoms with Crippen LogP contribution >= 0.6 is 0 Å². The Labute approximate surface area is 111 Å². The van der Waals surface area contributed by atoms with Gasteiger partial charge in [0.2, 0.25) is 0 Å². The minimum absolute atomic E-state index is 0.0209. The Kier molecular flexibility index (Phi) is 3.50. The van der Waals surface area contributed by atoms with Gasteiger partial charge in [0.25, 0.3) is 0 Å². The van der Waals surface area contributed by atoms with Gasteiger partial charge < -0.3 is 19.4 Å². The molecule has 1 aromatic rings. The fourth-order valence-corrected chi connectivity index (χ4v) is 2.57. The van der Waals surface area contributed by atoms with Crippen LogP contribution in [-0.4, -0.2) is 35.8 Å². The summed E-state index contributed by atoms with van der Waals surface area (Å²) in [5.74, 6) is 0. The molecule has 2 aliphatic rings. The maximum atomic E-state index is 9.12. The van der Waals surface area contributed by atoms with E-state index in [0.717, 1.165) is 5.56 Å². The smallest absolute Gasteiger partial charge is 0.184 e. The SMILES string of the molecule is C[C@@H]1CC(=NO)[C@@H]2O[C@@H](c3ccccc3)OC[C@H]2O1. The van der Waals surface area contributed by atoms with E-state index in [9.17, 15) is 0 Å². The minimum atomic E-state index is -0.434. The second kappa shape index (κ2) is 5.28. The van der Waals surface area contributed by atoms with Crippen LogP contribution in [0.25, 0.3) is 0 Å². The topological polar surface area (TPSA) is 60.3 Å². The van der Waals surface area contributed by atoms with Crippen LogP contribution in [-0.2, 0) is 14.2 Å². The van der Waals surface area contributed by atoms with E-state index in [-0.39, 0.29) is 18.3 Å². The molecule has 2 aliphatic heterocycles. The van der Waals surface area contributed by atoms with Crippen molar-refractivity contribution in [2.45, 2.75) is 37.9 Å². The Bertz CT molecular complexity index is 462. The first-order chi connectivity index (χ1) is 9.28. The Hall–Kier alpha value is -1.43. The molecular weight excluding hydrogens is 246 g/mol. The molecule has 102 valence electrons. The summed E-state index contributed by atoms with van der Waals surface area (Å²) in [6.45, 7) is 2.39. The van der Waals surface area contributed by atoms with Crippen LogP contribution in [0.4, 0.5) is 0 Å². The maximum absolute atomic E-state index is 9.12. The van der Waals surface area contributed by atoms with Gasteiger partial charge in [-0.1, -0.05) is 35.5 Å². The van der Waals surface area contributed by atoms with E-state index < -0.39 is 6.29 Å². The lowest BCUT2D eigenvalue weighted by Crippen LogP contribution is -2.52. The van der Waals surface area contributed by atoms with Gasteiger partial charge in [0.15, 0.2) is 6.29 Å². The predicted molar refractivity (Wildman–Crippen MR) is 68.2 cm³/mol. The highest BCUT2D eigenvalue weighted by molar-refractivity contribution is 5.90. The van der Waals surface area contributed by atoms with Crippen molar-refractivity contribution in [2.75, 3.05) is 6.61 Å². The molecule has 5 nitrogen and oxygen atoms in total. The van der Waals surface area contributed by atoms with Crippen molar-refractivity contribution in [3.05, 3.63) is 35.9 Å². The monoisotopic (exact) mass is 263 g/mol. The summed E-state index contributed by atoms with van der Waals surface area (Å²) in [7, 11) is 0.